The Bertz CT molecular complexity index is 621. The molecule has 0 saturated heterocycles. The monoisotopic (exact) mass is 286 g/mol. The first-order chi connectivity index (χ1) is 6.13. The van der Waals surface area contributed by atoms with Crippen molar-refractivity contribution in [2.45, 2.75) is 0 Å². The van der Waals surface area contributed by atoms with Gasteiger partial charge in [0.2, 0.25) is 10.9 Å². The van der Waals surface area contributed by atoms with Gasteiger partial charge in [-0.25, -0.2) is 0 Å². The summed E-state index contributed by atoms with van der Waals surface area (Å²) in [6.45, 7) is 0. The number of benzene rings is 1. The minimum Gasteiger partial charge on any atom is -0.285 e. The van der Waals surface area contributed by atoms with Crippen molar-refractivity contribution in [2.24, 2.45) is 0 Å². The summed E-state index contributed by atoms with van der Waals surface area (Å²) in [7, 11) is 0. The Morgan fingerprint density at radius 2 is 1.62 bits per heavy atom. The molecule has 0 saturated carbocycles. The molecule has 0 amide bonds. The smallest absolute Gasteiger partial charge is 0.274 e. The van der Waals surface area contributed by atoms with Crippen LogP contribution in [0.1, 0.15) is 0 Å². The van der Waals surface area contributed by atoms with Crippen LogP contribution in [0.3, 0.4) is 0 Å². The van der Waals surface area contributed by atoms with Gasteiger partial charge in [-0.15, -0.1) is 0 Å². The molecule has 0 fully saturated rings. The number of fused-ring (bicyclic) bond motifs is 1. The van der Waals surface area contributed by atoms with E-state index in [4.69, 9.17) is 0 Å². The maximum atomic E-state index is 11.3. The van der Waals surface area contributed by atoms with E-state index in [1.165, 1.54) is 6.07 Å². The lowest BCUT2D eigenvalue weighted by Gasteiger charge is -1.88. The van der Waals surface area contributed by atoms with Gasteiger partial charge in [0.25, 0.3) is 5.43 Å². The van der Waals surface area contributed by atoms with Crippen molar-refractivity contribution in [3.05, 3.63) is 52.4 Å². The minimum absolute atomic E-state index is 0.238. The molecule has 64 valence electrons. The van der Waals surface area contributed by atoms with E-state index in [1.54, 1.807) is 12.1 Å². The van der Waals surface area contributed by atoms with E-state index in [0.29, 0.717) is 3.57 Å². The van der Waals surface area contributed by atoms with E-state index in [-0.39, 0.29) is 10.8 Å². The molecular weight excluding hydrogens is 283 g/mol. The van der Waals surface area contributed by atoms with E-state index >= 15 is 0 Å². The van der Waals surface area contributed by atoms with Gasteiger partial charge in [0.05, 0.1) is 5.39 Å². The number of hydrogen-bond acceptors (Lipinski definition) is 3. The highest BCUT2D eigenvalue weighted by Crippen LogP contribution is 2.12. The van der Waals surface area contributed by atoms with Gasteiger partial charge < -0.3 is 0 Å². The summed E-state index contributed by atoms with van der Waals surface area (Å²) in [4.78, 5) is 33.4. The third kappa shape index (κ3) is 1.05. The molecule has 0 radical (unpaired) electrons. The third-order valence-corrected chi connectivity index (χ3v) is 2.80. The molecule has 4 heteroatoms. The zero-order valence-electron chi connectivity index (χ0n) is 6.33. The predicted octanol–water partition coefficient (Wildman–Crippen LogP) is 0.401. The summed E-state index contributed by atoms with van der Waals surface area (Å²) < 4.78 is 0.652. The molecule has 0 aliphatic heterocycles. The predicted molar refractivity (Wildman–Crippen MR) is 57.8 cm³/mol. The topological polar surface area (TPSA) is 51.2 Å². The zero-order chi connectivity index (χ0) is 9.59. The fourth-order valence-electron chi connectivity index (χ4n) is 1.28. The lowest BCUT2D eigenvalue weighted by molar-refractivity contribution is 1.55. The zero-order valence-corrected chi connectivity index (χ0v) is 8.49. The van der Waals surface area contributed by atoms with Gasteiger partial charge in [-0.05, 0) is 28.7 Å². The highest BCUT2D eigenvalue weighted by atomic mass is 127. The molecule has 0 unspecified atom stereocenters. The van der Waals surface area contributed by atoms with Gasteiger partial charge in [-0.2, -0.15) is 0 Å². The summed E-state index contributed by atoms with van der Waals surface area (Å²) in [6.07, 6.45) is 0. The number of rotatable bonds is 0. The molecule has 2 aromatic rings. The molecule has 0 aliphatic carbocycles. The van der Waals surface area contributed by atoms with Crippen molar-refractivity contribution in [2.75, 3.05) is 0 Å². The largest absolute Gasteiger partial charge is 0.285 e. The first-order valence-electron chi connectivity index (χ1n) is 3.55. The fraction of sp³-hybridized carbons (Fsp3) is 0. The molecule has 0 aromatic heterocycles. The van der Waals surface area contributed by atoms with Gasteiger partial charge in [-0.1, -0.05) is 12.1 Å². The lowest BCUT2D eigenvalue weighted by atomic mass is 10.2. The van der Waals surface area contributed by atoms with Crippen LogP contribution in [0.15, 0.2) is 32.6 Å². The van der Waals surface area contributed by atoms with Gasteiger partial charge in [0.15, 0.2) is 0 Å². The Balaban J connectivity index is 3.33. The summed E-state index contributed by atoms with van der Waals surface area (Å²) in [5.41, 5.74) is -2.28. The highest BCUT2D eigenvalue weighted by Gasteiger charge is 2.13. The standard InChI is InChI=1S/C9H3IO3/c10-5-3-1-2-4-6(5)8(12)9(13)7(4)11/h1-3H. The van der Waals surface area contributed by atoms with Crippen LogP contribution in [0.2, 0.25) is 0 Å². The summed E-state index contributed by atoms with van der Waals surface area (Å²) in [5, 5.41) is 0.500. The average molecular weight is 286 g/mol. The van der Waals surface area contributed by atoms with Crippen LogP contribution in [0.25, 0.3) is 10.8 Å². The fourth-order valence-corrected chi connectivity index (χ4v) is 2.03. The van der Waals surface area contributed by atoms with Crippen LogP contribution in [0.4, 0.5) is 0 Å². The van der Waals surface area contributed by atoms with Crippen molar-refractivity contribution in [1.82, 2.24) is 0 Å². The van der Waals surface area contributed by atoms with Crippen LogP contribution in [-0.4, -0.2) is 0 Å². The van der Waals surface area contributed by atoms with Crippen molar-refractivity contribution in [3.8, 4) is 0 Å². The van der Waals surface area contributed by atoms with Crippen LogP contribution >= 0.6 is 22.6 Å². The Hall–Kier alpha value is -1.04. The quantitative estimate of drug-likeness (QED) is 0.520. The molecule has 0 spiro atoms. The molecule has 3 nitrogen and oxygen atoms in total. The Labute approximate surface area is 85.8 Å². The van der Waals surface area contributed by atoms with Gasteiger partial charge in [0.1, 0.15) is 0 Å². The maximum absolute atomic E-state index is 11.3. The first kappa shape index (κ1) is 8.55. The Kier molecular flexibility index (Phi) is 1.80. The molecule has 0 heterocycles. The van der Waals surface area contributed by atoms with Gasteiger partial charge in [-0.3, -0.25) is 14.4 Å². The maximum Gasteiger partial charge on any atom is 0.274 e. The third-order valence-electron chi connectivity index (χ3n) is 1.90. The van der Waals surface area contributed by atoms with Crippen LogP contribution < -0.4 is 16.3 Å². The Morgan fingerprint density at radius 1 is 0.923 bits per heavy atom. The molecular formula is C9H3IO3. The average Bonchev–Trinajstić information content (AvgIpc) is 2.33. The second kappa shape index (κ2) is 2.73. The Morgan fingerprint density at radius 3 is 2.23 bits per heavy atom. The SMILES string of the molecule is O=c1c(=O)c2cccc(I)c2c1=O. The molecule has 2 aromatic carbocycles. The first-order valence-corrected chi connectivity index (χ1v) is 4.62. The van der Waals surface area contributed by atoms with Crippen LogP contribution in [-0.2, 0) is 0 Å². The van der Waals surface area contributed by atoms with E-state index in [0.717, 1.165) is 0 Å². The second-order valence-corrected chi connectivity index (χ2v) is 3.81. The summed E-state index contributed by atoms with van der Waals surface area (Å²) in [6, 6.07) is 4.86. The molecule has 2 rings (SSSR count). The van der Waals surface area contributed by atoms with Crippen molar-refractivity contribution in [1.29, 1.82) is 0 Å². The van der Waals surface area contributed by atoms with E-state index < -0.39 is 16.3 Å². The van der Waals surface area contributed by atoms with Crippen molar-refractivity contribution in [3.63, 3.8) is 0 Å². The van der Waals surface area contributed by atoms with E-state index in [9.17, 15) is 14.4 Å². The highest BCUT2D eigenvalue weighted by molar-refractivity contribution is 14.1. The molecule has 0 bridgehead atoms. The normalized spacial score (nSPS) is 10.8. The molecule has 0 N–H and O–H groups in total. The molecule has 13 heavy (non-hydrogen) atoms. The molecule has 0 atom stereocenters. The second-order valence-electron chi connectivity index (χ2n) is 2.65. The minimum atomic E-state index is -0.917. The number of hydrogen-bond donors (Lipinski definition) is 0. The molecule has 0 aliphatic rings. The summed E-state index contributed by atoms with van der Waals surface area (Å²) in [5.74, 6) is 0. The van der Waals surface area contributed by atoms with Gasteiger partial charge in [0, 0.05) is 8.96 Å². The van der Waals surface area contributed by atoms with Crippen molar-refractivity contribution >= 4 is 33.4 Å². The van der Waals surface area contributed by atoms with E-state index in [1.807, 2.05) is 22.6 Å². The van der Waals surface area contributed by atoms with Crippen molar-refractivity contribution < 1.29 is 0 Å². The van der Waals surface area contributed by atoms with Crippen LogP contribution in [0.5, 0.6) is 0 Å². The lowest BCUT2D eigenvalue weighted by Crippen LogP contribution is -2.29. The van der Waals surface area contributed by atoms with E-state index in [2.05, 4.69) is 0 Å². The number of halogens is 1. The van der Waals surface area contributed by atoms with Crippen LogP contribution in [0, 0.1) is 3.57 Å². The summed E-state index contributed by atoms with van der Waals surface area (Å²) >= 11 is 1.94. The van der Waals surface area contributed by atoms with Gasteiger partial charge >= 0.3 is 0 Å².